The third kappa shape index (κ3) is 3.51. The molecular formula is C18H19ClN2O4S. The third-order valence-electron chi connectivity index (χ3n) is 4.16. The largest absolute Gasteiger partial charge is 0.460 e. The molecule has 0 N–H and O–H groups in total. The van der Waals surface area contributed by atoms with Gasteiger partial charge in [-0.2, -0.15) is 0 Å². The van der Waals surface area contributed by atoms with Crippen LogP contribution >= 0.6 is 23.4 Å². The van der Waals surface area contributed by atoms with Crippen molar-refractivity contribution >= 4 is 40.4 Å². The number of methoxy groups -OCH3 is 1. The Bertz CT molecular complexity index is 808. The van der Waals surface area contributed by atoms with Gasteiger partial charge in [0.2, 0.25) is 5.91 Å². The number of hydrogen-bond acceptors (Lipinski definition) is 6. The standard InChI is InChI=1S/C18H19ClN2O4S/c1-10-14(17(23)25-8-7-24-3)15(12-5-4-6-13(19)9-12)21-16(22)11(2)26-18(21)20-10/h4-6,9,11,15H,7-8H2,1-3H3/t11-,15+/m0/s1. The normalized spacial score (nSPS) is 22.4. The first-order chi connectivity index (χ1) is 12.4. The predicted octanol–water partition coefficient (Wildman–Crippen LogP) is 3.18. The van der Waals surface area contributed by atoms with Crippen LogP contribution in [0.5, 0.6) is 0 Å². The minimum absolute atomic E-state index is 0.0894. The van der Waals surface area contributed by atoms with Crippen molar-refractivity contribution in [2.75, 3.05) is 20.3 Å². The van der Waals surface area contributed by atoms with E-state index in [-0.39, 0.29) is 17.8 Å². The van der Waals surface area contributed by atoms with Gasteiger partial charge < -0.3 is 9.47 Å². The highest BCUT2D eigenvalue weighted by Crippen LogP contribution is 2.43. The van der Waals surface area contributed by atoms with Crippen LogP contribution in [0.2, 0.25) is 5.02 Å². The van der Waals surface area contributed by atoms with Crippen molar-refractivity contribution in [1.82, 2.24) is 4.90 Å². The first kappa shape index (κ1) is 18.9. The SMILES string of the molecule is COCCOC(=O)C1=C(C)N=C2S[C@@H](C)C(=O)N2[C@@H]1c1cccc(Cl)c1. The molecule has 8 heteroatoms. The van der Waals surface area contributed by atoms with Crippen molar-refractivity contribution < 1.29 is 19.1 Å². The van der Waals surface area contributed by atoms with Crippen molar-refractivity contribution in [3.63, 3.8) is 0 Å². The molecule has 2 atom stereocenters. The molecule has 1 saturated heterocycles. The van der Waals surface area contributed by atoms with Gasteiger partial charge in [0.05, 0.1) is 29.2 Å². The second-order valence-electron chi connectivity index (χ2n) is 5.95. The molecule has 2 aliphatic rings. The van der Waals surface area contributed by atoms with Gasteiger partial charge in [0, 0.05) is 12.1 Å². The van der Waals surface area contributed by atoms with Gasteiger partial charge in [-0.25, -0.2) is 9.79 Å². The molecule has 2 aliphatic heterocycles. The summed E-state index contributed by atoms with van der Waals surface area (Å²) >= 11 is 7.54. The first-order valence-corrected chi connectivity index (χ1v) is 9.40. The van der Waals surface area contributed by atoms with Crippen LogP contribution < -0.4 is 0 Å². The average molecular weight is 395 g/mol. The van der Waals surface area contributed by atoms with E-state index in [1.807, 2.05) is 13.0 Å². The maximum absolute atomic E-state index is 12.7. The fraction of sp³-hybridized carbons (Fsp3) is 0.389. The summed E-state index contributed by atoms with van der Waals surface area (Å²) in [4.78, 5) is 31.5. The number of halogens is 1. The van der Waals surface area contributed by atoms with Gasteiger partial charge in [0.15, 0.2) is 5.17 Å². The van der Waals surface area contributed by atoms with E-state index >= 15 is 0 Å². The number of amides is 1. The Morgan fingerprint density at radius 2 is 2.15 bits per heavy atom. The van der Waals surface area contributed by atoms with Crippen molar-refractivity contribution in [3.8, 4) is 0 Å². The molecule has 0 unspecified atom stereocenters. The summed E-state index contributed by atoms with van der Waals surface area (Å²) in [5.41, 5.74) is 1.62. The number of carbonyl (C=O) groups is 2. The Balaban J connectivity index is 2.05. The molecule has 3 rings (SSSR count). The Morgan fingerprint density at radius 1 is 1.38 bits per heavy atom. The Labute approximate surface area is 161 Å². The average Bonchev–Trinajstić information content (AvgIpc) is 2.87. The topological polar surface area (TPSA) is 68.2 Å². The van der Waals surface area contributed by atoms with Gasteiger partial charge in [0.1, 0.15) is 6.61 Å². The Morgan fingerprint density at radius 3 is 2.85 bits per heavy atom. The molecule has 138 valence electrons. The lowest BCUT2D eigenvalue weighted by Crippen LogP contribution is -2.40. The van der Waals surface area contributed by atoms with Crippen molar-refractivity contribution in [1.29, 1.82) is 0 Å². The number of amidine groups is 1. The van der Waals surface area contributed by atoms with E-state index < -0.39 is 12.0 Å². The van der Waals surface area contributed by atoms with Crippen LogP contribution in [-0.4, -0.2) is 47.5 Å². The minimum atomic E-state index is -0.610. The molecule has 0 bridgehead atoms. The summed E-state index contributed by atoms with van der Waals surface area (Å²) in [6.07, 6.45) is 0. The van der Waals surface area contributed by atoms with E-state index in [0.717, 1.165) is 5.56 Å². The lowest BCUT2D eigenvalue weighted by molar-refractivity contribution is -0.141. The van der Waals surface area contributed by atoms with Crippen LogP contribution in [0.3, 0.4) is 0 Å². The van der Waals surface area contributed by atoms with E-state index in [4.69, 9.17) is 21.1 Å². The number of thioether (sulfide) groups is 1. The summed E-state index contributed by atoms with van der Waals surface area (Å²) in [5.74, 6) is -0.599. The van der Waals surface area contributed by atoms with Gasteiger partial charge in [-0.15, -0.1) is 0 Å². The summed E-state index contributed by atoms with van der Waals surface area (Å²) in [6.45, 7) is 4.01. The molecular weight excluding hydrogens is 376 g/mol. The van der Waals surface area contributed by atoms with Crippen molar-refractivity contribution in [3.05, 3.63) is 46.1 Å². The summed E-state index contributed by atoms with van der Waals surface area (Å²) in [7, 11) is 1.53. The van der Waals surface area contributed by atoms with Crippen LogP contribution in [-0.2, 0) is 19.1 Å². The molecule has 0 spiro atoms. The fourth-order valence-corrected chi connectivity index (χ4v) is 4.18. The molecule has 1 aromatic carbocycles. The van der Waals surface area contributed by atoms with Gasteiger partial charge in [0.25, 0.3) is 0 Å². The number of esters is 1. The summed E-state index contributed by atoms with van der Waals surface area (Å²) in [5, 5.41) is 0.870. The predicted molar refractivity (Wildman–Crippen MR) is 101 cm³/mol. The molecule has 1 fully saturated rings. The van der Waals surface area contributed by atoms with E-state index in [2.05, 4.69) is 4.99 Å². The van der Waals surface area contributed by atoms with Crippen molar-refractivity contribution in [2.45, 2.75) is 25.1 Å². The van der Waals surface area contributed by atoms with Gasteiger partial charge >= 0.3 is 5.97 Å². The molecule has 0 radical (unpaired) electrons. The summed E-state index contributed by atoms with van der Waals surface area (Å²) < 4.78 is 10.2. The highest BCUT2D eigenvalue weighted by atomic mass is 35.5. The van der Waals surface area contributed by atoms with E-state index in [1.54, 1.807) is 30.0 Å². The second-order valence-corrected chi connectivity index (χ2v) is 7.69. The number of hydrogen-bond donors (Lipinski definition) is 0. The quantitative estimate of drug-likeness (QED) is 0.566. The Hall–Kier alpha value is -1.83. The third-order valence-corrected chi connectivity index (χ3v) is 5.45. The molecule has 1 aromatic rings. The number of rotatable bonds is 5. The van der Waals surface area contributed by atoms with Crippen LogP contribution in [0.25, 0.3) is 0 Å². The van der Waals surface area contributed by atoms with E-state index in [0.29, 0.717) is 28.1 Å². The maximum atomic E-state index is 12.7. The van der Waals surface area contributed by atoms with Gasteiger partial charge in [-0.3, -0.25) is 9.69 Å². The zero-order chi connectivity index (χ0) is 18.8. The smallest absolute Gasteiger partial charge is 0.338 e. The van der Waals surface area contributed by atoms with Crippen LogP contribution in [0.4, 0.5) is 0 Å². The molecule has 0 saturated carbocycles. The minimum Gasteiger partial charge on any atom is -0.460 e. The summed E-state index contributed by atoms with van der Waals surface area (Å²) in [6, 6.07) is 6.53. The highest BCUT2D eigenvalue weighted by molar-refractivity contribution is 8.15. The molecule has 26 heavy (non-hydrogen) atoms. The molecule has 6 nitrogen and oxygen atoms in total. The Kier molecular flexibility index (Phi) is 5.70. The van der Waals surface area contributed by atoms with Gasteiger partial charge in [-0.1, -0.05) is 35.5 Å². The number of benzene rings is 1. The van der Waals surface area contributed by atoms with Crippen LogP contribution in [0.1, 0.15) is 25.5 Å². The number of carbonyl (C=O) groups excluding carboxylic acids is 2. The maximum Gasteiger partial charge on any atom is 0.338 e. The van der Waals surface area contributed by atoms with Crippen LogP contribution in [0, 0.1) is 0 Å². The van der Waals surface area contributed by atoms with E-state index in [9.17, 15) is 9.59 Å². The molecule has 0 aliphatic carbocycles. The zero-order valence-electron chi connectivity index (χ0n) is 14.7. The first-order valence-electron chi connectivity index (χ1n) is 8.14. The lowest BCUT2D eigenvalue weighted by atomic mass is 9.94. The highest BCUT2D eigenvalue weighted by Gasteiger charge is 2.46. The number of allylic oxidation sites excluding steroid dienone is 1. The molecule has 1 amide bonds. The molecule has 0 aromatic heterocycles. The number of nitrogens with zero attached hydrogens (tertiary/aromatic N) is 2. The van der Waals surface area contributed by atoms with Gasteiger partial charge in [-0.05, 0) is 31.5 Å². The monoisotopic (exact) mass is 394 g/mol. The number of aliphatic imine (C=N–C) groups is 1. The number of fused-ring (bicyclic) bond motifs is 1. The second kappa shape index (κ2) is 7.82. The number of ether oxygens (including phenoxy) is 2. The molecule has 2 heterocycles. The zero-order valence-corrected chi connectivity index (χ0v) is 16.3. The van der Waals surface area contributed by atoms with Crippen molar-refractivity contribution in [2.24, 2.45) is 4.99 Å². The van der Waals surface area contributed by atoms with E-state index in [1.165, 1.54) is 18.9 Å². The lowest BCUT2D eigenvalue weighted by Gasteiger charge is -2.33. The van der Waals surface area contributed by atoms with Crippen LogP contribution in [0.15, 0.2) is 40.5 Å². The fourth-order valence-electron chi connectivity index (χ4n) is 2.95.